The highest BCUT2D eigenvalue weighted by Gasteiger charge is 2.23. The van der Waals surface area contributed by atoms with Gasteiger partial charge in [0.15, 0.2) is 0 Å². The summed E-state index contributed by atoms with van der Waals surface area (Å²) in [5.74, 6) is 1.77. The Kier molecular flexibility index (Phi) is 5.30. The van der Waals surface area contributed by atoms with E-state index in [1.807, 2.05) is 0 Å². The van der Waals surface area contributed by atoms with Crippen molar-refractivity contribution in [3.63, 3.8) is 0 Å². The van der Waals surface area contributed by atoms with Crippen molar-refractivity contribution in [2.75, 3.05) is 31.6 Å². The molecule has 0 bridgehead atoms. The van der Waals surface area contributed by atoms with Crippen LogP contribution in [0.25, 0.3) is 0 Å². The third-order valence-corrected chi connectivity index (χ3v) is 4.20. The number of hydrogen-bond acceptors (Lipinski definition) is 3. The van der Waals surface area contributed by atoms with E-state index in [-0.39, 0.29) is 0 Å². The van der Waals surface area contributed by atoms with E-state index in [4.69, 9.17) is 4.74 Å². The van der Waals surface area contributed by atoms with Crippen LogP contribution >= 0.6 is 0 Å². The zero-order valence-corrected chi connectivity index (χ0v) is 13.3. The summed E-state index contributed by atoms with van der Waals surface area (Å²) in [5.41, 5.74) is 2.63. The molecule has 3 heteroatoms. The van der Waals surface area contributed by atoms with Crippen LogP contribution in [0.3, 0.4) is 0 Å². The predicted molar refractivity (Wildman–Crippen MR) is 85.7 cm³/mol. The Balaban J connectivity index is 2.35. The van der Waals surface area contributed by atoms with Crippen molar-refractivity contribution >= 4 is 5.69 Å². The number of nitrogens with one attached hydrogen (secondary N) is 1. The molecular weight excluding hydrogens is 248 g/mol. The lowest BCUT2D eigenvalue weighted by Gasteiger charge is -2.35. The zero-order valence-electron chi connectivity index (χ0n) is 13.3. The molecule has 2 unspecified atom stereocenters. The molecule has 112 valence electrons. The van der Waals surface area contributed by atoms with Gasteiger partial charge in [-0.2, -0.15) is 0 Å². The first-order valence-corrected chi connectivity index (χ1v) is 7.82. The number of ether oxygens (including phenoxy) is 1. The van der Waals surface area contributed by atoms with Gasteiger partial charge < -0.3 is 15.0 Å². The Morgan fingerprint density at radius 3 is 2.90 bits per heavy atom. The van der Waals surface area contributed by atoms with Gasteiger partial charge in [-0.15, -0.1) is 0 Å². The van der Waals surface area contributed by atoms with Gasteiger partial charge in [-0.05, 0) is 44.4 Å². The standard InChI is InChI=1S/C17H28N2O/c1-5-18-14(3)17-15(9-6-10-16(17)20-4)19-11-7-8-13(2)12-19/h6,9-10,13-14,18H,5,7-8,11-12H2,1-4H3. The lowest BCUT2D eigenvalue weighted by atomic mass is 9.97. The van der Waals surface area contributed by atoms with Gasteiger partial charge in [-0.25, -0.2) is 0 Å². The highest BCUT2D eigenvalue weighted by Crippen LogP contribution is 2.36. The Morgan fingerprint density at radius 1 is 1.45 bits per heavy atom. The summed E-state index contributed by atoms with van der Waals surface area (Å²) in [6.45, 7) is 9.99. The molecule has 2 atom stereocenters. The molecule has 2 rings (SSSR count). The van der Waals surface area contributed by atoms with Crippen LogP contribution in [0.2, 0.25) is 0 Å². The summed E-state index contributed by atoms with van der Waals surface area (Å²) in [6, 6.07) is 6.72. The molecule has 20 heavy (non-hydrogen) atoms. The van der Waals surface area contributed by atoms with Crippen molar-refractivity contribution in [3.8, 4) is 5.75 Å². The molecule has 1 saturated heterocycles. The normalized spacial score (nSPS) is 20.8. The van der Waals surface area contributed by atoms with Gasteiger partial charge in [0.2, 0.25) is 0 Å². The molecule has 0 spiro atoms. The van der Waals surface area contributed by atoms with Crippen molar-refractivity contribution in [1.29, 1.82) is 0 Å². The molecule has 0 aromatic heterocycles. The minimum Gasteiger partial charge on any atom is -0.496 e. The molecule has 1 aromatic rings. The second kappa shape index (κ2) is 6.98. The highest BCUT2D eigenvalue weighted by atomic mass is 16.5. The Bertz CT molecular complexity index is 433. The Morgan fingerprint density at radius 2 is 2.25 bits per heavy atom. The van der Waals surface area contributed by atoms with Crippen molar-refractivity contribution in [3.05, 3.63) is 23.8 Å². The largest absolute Gasteiger partial charge is 0.496 e. The fraction of sp³-hybridized carbons (Fsp3) is 0.647. The molecule has 1 N–H and O–H groups in total. The van der Waals surface area contributed by atoms with E-state index < -0.39 is 0 Å². The highest BCUT2D eigenvalue weighted by molar-refractivity contribution is 5.61. The van der Waals surface area contributed by atoms with Gasteiger partial charge in [0, 0.05) is 30.4 Å². The number of methoxy groups -OCH3 is 1. The first-order valence-electron chi connectivity index (χ1n) is 7.82. The zero-order chi connectivity index (χ0) is 14.5. The van der Waals surface area contributed by atoms with Crippen molar-refractivity contribution < 1.29 is 4.74 Å². The third kappa shape index (κ3) is 3.26. The number of anilines is 1. The maximum atomic E-state index is 5.60. The molecule has 0 radical (unpaired) electrons. The molecule has 1 aliphatic heterocycles. The van der Waals surface area contributed by atoms with Gasteiger partial charge in [-0.1, -0.05) is 19.9 Å². The first-order chi connectivity index (χ1) is 9.67. The van der Waals surface area contributed by atoms with Crippen LogP contribution in [-0.4, -0.2) is 26.7 Å². The first kappa shape index (κ1) is 15.2. The van der Waals surface area contributed by atoms with Crippen LogP contribution in [0.1, 0.15) is 45.2 Å². The fourth-order valence-corrected chi connectivity index (χ4v) is 3.24. The predicted octanol–water partition coefficient (Wildman–Crippen LogP) is 3.60. The quantitative estimate of drug-likeness (QED) is 0.889. The molecule has 0 saturated carbocycles. The molecule has 0 aliphatic carbocycles. The van der Waals surface area contributed by atoms with E-state index in [1.165, 1.54) is 24.1 Å². The van der Waals surface area contributed by atoms with E-state index >= 15 is 0 Å². The molecule has 1 fully saturated rings. The minimum absolute atomic E-state index is 0.309. The van der Waals surface area contributed by atoms with Crippen LogP contribution in [0.4, 0.5) is 5.69 Å². The van der Waals surface area contributed by atoms with Gasteiger partial charge in [0.05, 0.1) is 7.11 Å². The molecular formula is C17H28N2O. The SMILES string of the molecule is CCNC(C)c1c(OC)cccc1N1CCCC(C)C1. The van der Waals surface area contributed by atoms with E-state index in [9.17, 15) is 0 Å². The molecule has 1 aliphatic rings. The second-order valence-electron chi connectivity index (χ2n) is 5.87. The summed E-state index contributed by atoms with van der Waals surface area (Å²) in [5, 5.41) is 3.52. The summed E-state index contributed by atoms with van der Waals surface area (Å²) in [7, 11) is 1.76. The van der Waals surface area contributed by atoms with E-state index in [0.717, 1.165) is 31.3 Å². The van der Waals surface area contributed by atoms with Crippen LogP contribution < -0.4 is 15.0 Å². The lowest BCUT2D eigenvalue weighted by Crippen LogP contribution is -2.35. The second-order valence-corrected chi connectivity index (χ2v) is 5.87. The van der Waals surface area contributed by atoms with Crippen molar-refractivity contribution in [2.24, 2.45) is 5.92 Å². The van der Waals surface area contributed by atoms with Crippen LogP contribution in [0.5, 0.6) is 5.75 Å². The van der Waals surface area contributed by atoms with Crippen molar-refractivity contribution in [2.45, 2.75) is 39.7 Å². The molecule has 1 heterocycles. The number of rotatable bonds is 5. The monoisotopic (exact) mass is 276 g/mol. The average Bonchev–Trinajstić information content (AvgIpc) is 2.46. The number of hydrogen-bond donors (Lipinski definition) is 1. The van der Waals surface area contributed by atoms with E-state index in [0.29, 0.717) is 6.04 Å². The summed E-state index contributed by atoms with van der Waals surface area (Å²) < 4.78 is 5.60. The van der Waals surface area contributed by atoms with Gasteiger partial charge in [-0.3, -0.25) is 0 Å². The summed E-state index contributed by atoms with van der Waals surface area (Å²) >= 11 is 0. The Labute approximate surface area is 123 Å². The van der Waals surface area contributed by atoms with E-state index in [1.54, 1.807) is 7.11 Å². The third-order valence-electron chi connectivity index (χ3n) is 4.20. The maximum Gasteiger partial charge on any atom is 0.125 e. The fourth-order valence-electron chi connectivity index (χ4n) is 3.24. The smallest absolute Gasteiger partial charge is 0.125 e. The number of nitrogens with zero attached hydrogens (tertiary/aromatic N) is 1. The van der Waals surface area contributed by atoms with Crippen LogP contribution in [0, 0.1) is 5.92 Å². The number of benzene rings is 1. The van der Waals surface area contributed by atoms with Gasteiger partial charge >= 0.3 is 0 Å². The summed E-state index contributed by atoms with van der Waals surface area (Å²) in [4.78, 5) is 2.53. The van der Waals surface area contributed by atoms with E-state index in [2.05, 4.69) is 49.2 Å². The maximum absolute atomic E-state index is 5.60. The lowest BCUT2D eigenvalue weighted by molar-refractivity contribution is 0.400. The van der Waals surface area contributed by atoms with Gasteiger partial charge in [0.25, 0.3) is 0 Å². The summed E-state index contributed by atoms with van der Waals surface area (Å²) in [6.07, 6.45) is 2.63. The van der Waals surface area contributed by atoms with Crippen LogP contribution in [0.15, 0.2) is 18.2 Å². The van der Waals surface area contributed by atoms with Crippen molar-refractivity contribution in [1.82, 2.24) is 5.32 Å². The topological polar surface area (TPSA) is 24.5 Å². The molecule has 3 nitrogen and oxygen atoms in total. The number of piperidine rings is 1. The minimum atomic E-state index is 0.309. The average molecular weight is 276 g/mol. The molecule has 0 amide bonds. The Hall–Kier alpha value is -1.22. The van der Waals surface area contributed by atoms with Crippen LogP contribution in [-0.2, 0) is 0 Å². The molecule has 1 aromatic carbocycles. The van der Waals surface area contributed by atoms with Gasteiger partial charge in [0.1, 0.15) is 5.75 Å².